The molecular weight excluding hydrogens is 648 g/mol. The van der Waals surface area contributed by atoms with Gasteiger partial charge < -0.3 is 34.7 Å². The van der Waals surface area contributed by atoms with Gasteiger partial charge in [0.05, 0.1) is 19.5 Å². The molecule has 0 saturated carbocycles. The number of nitrogens with one attached hydrogen (secondary N) is 2. The molecule has 1 aliphatic heterocycles. The summed E-state index contributed by atoms with van der Waals surface area (Å²) in [6.45, 7) is 3.46. The predicted octanol–water partition coefficient (Wildman–Crippen LogP) is 4.09. The van der Waals surface area contributed by atoms with Gasteiger partial charge in [0.15, 0.2) is 23.2 Å². The molecule has 0 bridgehead atoms. The largest absolute Gasteiger partial charge is 0.464 e. The van der Waals surface area contributed by atoms with Gasteiger partial charge in [0.2, 0.25) is 11.6 Å². The Bertz CT molecular complexity index is 1880. The molecule has 2 aromatic heterocycles. The highest BCUT2D eigenvalue weighted by molar-refractivity contribution is 8.09. The summed E-state index contributed by atoms with van der Waals surface area (Å²) in [7, 11) is 1.62. The van der Waals surface area contributed by atoms with E-state index in [-0.39, 0.29) is 29.1 Å². The Morgan fingerprint density at radius 3 is 2.72 bits per heavy atom. The number of aromatic nitrogens is 4. The Morgan fingerprint density at radius 1 is 1.30 bits per heavy atom. The van der Waals surface area contributed by atoms with E-state index >= 15 is 4.39 Å². The van der Waals surface area contributed by atoms with Gasteiger partial charge in [-0.1, -0.05) is 63.1 Å². The first-order valence-electron chi connectivity index (χ1n) is 14.7. The van der Waals surface area contributed by atoms with Crippen molar-refractivity contribution >= 4 is 58.1 Å². The van der Waals surface area contributed by atoms with Gasteiger partial charge in [-0.3, -0.25) is 9.36 Å². The third kappa shape index (κ3) is 7.18. The molecule has 47 heavy (non-hydrogen) atoms. The number of nitrogen functional groups attached to an aromatic ring is 1. The molecule has 0 aliphatic carbocycles. The van der Waals surface area contributed by atoms with Crippen LogP contribution in [0.3, 0.4) is 0 Å². The van der Waals surface area contributed by atoms with Crippen molar-refractivity contribution in [1.29, 1.82) is 0 Å². The number of ether oxygens (including phenoxy) is 2. The van der Waals surface area contributed by atoms with E-state index < -0.39 is 49.4 Å². The van der Waals surface area contributed by atoms with Crippen LogP contribution in [0, 0.1) is 17.8 Å². The summed E-state index contributed by atoms with van der Waals surface area (Å²) in [5, 5.41) is 18.6. The van der Waals surface area contributed by atoms with Gasteiger partial charge in [-0.15, -0.1) is 6.42 Å². The molecule has 6 atom stereocenters. The Hall–Kier alpha value is -3.90. The van der Waals surface area contributed by atoms with Crippen molar-refractivity contribution < 1.29 is 32.8 Å². The average Bonchev–Trinajstić information content (AvgIpc) is 3.56. The maximum atomic E-state index is 16.4. The zero-order chi connectivity index (χ0) is 34.1. The van der Waals surface area contributed by atoms with E-state index in [1.54, 1.807) is 26.1 Å². The minimum absolute atomic E-state index is 0.0975. The molecule has 2 aromatic carbocycles. The topological polar surface area (TPSA) is 168 Å². The van der Waals surface area contributed by atoms with Gasteiger partial charge in [-0.2, -0.15) is 9.97 Å². The summed E-state index contributed by atoms with van der Waals surface area (Å²) < 4.78 is 41.6. The molecular formula is C31H37FN7O6PS. The predicted molar refractivity (Wildman–Crippen MR) is 180 cm³/mol. The normalized spacial score (nSPS) is 23.2. The standard InChI is InChI=1S/C31H37FN7O6PS/c1-7-31(32)24(40)22(44-28(31)39-17-35-23-25(34-6)36-29(33)37-26(23)39)15-43-46(47,38-18(2)27(41)42-16-30(3,4)5)45-21-14-10-12-19-11-8-9-13-20(19)21/h1,8-14,17-18,22,24,28,40H,15-16H2,2-6H3,(H,38,47)(H3,33,34,36,37)/t18-,22-,24-,28-,31-,46+/m1/s1. The molecule has 0 spiro atoms. The van der Waals surface area contributed by atoms with Gasteiger partial charge in [0.1, 0.15) is 24.0 Å². The Morgan fingerprint density at radius 2 is 2.02 bits per heavy atom. The zero-order valence-corrected chi connectivity index (χ0v) is 28.2. The third-order valence-electron chi connectivity index (χ3n) is 7.32. The Labute approximate surface area is 276 Å². The van der Waals surface area contributed by atoms with Crippen LogP contribution in [0.1, 0.15) is 33.9 Å². The van der Waals surface area contributed by atoms with Gasteiger partial charge >= 0.3 is 12.6 Å². The molecule has 5 rings (SSSR count). The first-order chi connectivity index (χ1) is 22.2. The molecule has 13 nitrogen and oxygen atoms in total. The number of rotatable bonds is 11. The number of nitrogens with two attached hydrogens (primary N) is 1. The lowest BCUT2D eigenvalue weighted by molar-refractivity contribution is -0.148. The number of imidazole rings is 1. The molecule has 1 saturated heterocycles. The van der Waals surface area contributed by atoms with Crippen LogP contribution in [0.2, 0.25) is 0 Å². The lowest BCUT2D eigenvalue weighted by Crippen LogP contribution is -2.42. The number of hydrogen-bond acceptors (Lipinski definition) is 12. The maximum absolute atomic E-state index is 16.4. The lowest BCUT2D eigenvalue weighted by atomic mass is 9.97. The van der Waals surface area contributed by atoms with Crippen LogP contribution >= 0.6 is 6.64 Å². The van der Waals surface area contributed by atoms with Crippen molar-refractivity contribution in [1.82, 2.24) is 24.6 Å². The maximum Gasteiger partial charge on any atom is 0.323 e. The highest BCUT2D eigenvalue weighted by Gasteiger charge is 2.58. The number of carbonyl (C=O) groups is 1. The molecule has 1 fully saturated rings. The number of alkyl halides is 1. The fourth-order valence-electron chi connectivity index (χ4n) is 4.96. The lowest BCUT2D eigenvalue weighted by Gasteiger charge is -2.28. The highest BCUT2D eigenvalue weighted by Crippen LogP contribution is 2.49. The molecule has 5 N–H and O–H groups in total. The summed E-state index contributed by atoms with van der Waals surface area (Å²) >= 11 is 5.90. The minimum atomic E-state index is -3.63. The van der Waals surface area contributed by atoms with Gasteiger partial charge in [0.25, 0.3) is 0 Å². The van der Waals surface area contributed by atoms with Crippen molar-refractivity contribution in [3.63, 3.8) is 0 Å². The molecule has 3 heterocycles. The number of terminal acetylenes is 1. The van der Waals surface area contributed by atoms with Gasteiger partial charge in [0, 0.05) is 12.4 Å². The van der Waals surface area contributed by atoms with E-state index in [0.29, 0.717) is 11.6 Å². The molecule has 0 radical (unpaired) electrons. The van der Waals surface area contributed by atoms with E-state index in [4.69, 9.17) is 42.5 Å². The van der Waals surface area contributed by atoms with E-state index in [1.807, 2.05) is 57.0 Å². The minimum Gasteiger partial charge on any atom is -0.464 e. The van der Waals surface area contributed by atoms with E-state index in [9.17, 15) is 9.90 Å². The first kappa shape index (κ1) is 34.4. The Kier molecular flexibility index (Phi) is 9.75. The van der Waals surface area contributed by atoms with Crippen molar-refractivity contribution in [3.8, 4) is 18.1 Å². The van der Waals surface area contributed by atoms with Gasteiger partial charge in [-0.25, -0.2) is 14.5 Å². The third-order valence-corrected chi connectivity index (χ3v) is 9.81. The summed E-state index contributed by atoms with van der Waals surface area (Å²) in [5.41, 5.74) is 3.28. The second kappa shape index (κ2) is 13.3. The quantitative estimate of drug-likeness (QED) is 0.101. The molecule has 16 heteroatoms. The molecule has 250 valence electrons. The summed E-state index contributed by atoms with van der Waals surface area (Å²) in [4.78, 5) is 25.5. The monoisotopic (exact) mass is 685 g/mol. The second-order valence-electron chi connectivity index (χ2n) is 12.3. The number of esters is 1. The summed E-state index contributed by atoms with van der Waals surface area (Å²) in [5.74, 6) is 2.07. The van der Waals surface area contributed by atoms with Crippen molar-refractivity contribution in [2.24, 2.45) is 5.41 Å². The number of hydrogen-bond donors (Lipinski definition) is 4. The van der Waals surface area contributed by atoms with E-state index in [2.05, 4.69) is 25.4 Å². The van der Waals surface area contributed by atoms with Crippen molar-refractivity contribution in [3.05, 3.63) is 48.8 Å². The zero-order valence-electron chi connectivity index (χ0n) is 26.5. The van der Waals surface area contributed by atoms with E-state index in [0.717, 1.165) is 10.8 Å². The molecule has 0 unspecified atom stereocenters. The number of nitrogens with zero attached hydrogens (tertiary/aromatic N) is 4. The molecule has 0 amide bonds. The second-order valence-corrected chi connectivity index (χ2v) is 15.4. The number of aliphatic hydroxyl groups excluding tert-OH is 1. The SMILES string of the molecule is C#C[C@@]1(F)[C@H](O)[C@@H](CO[P@@](=S)(N[C@H](C)C(=O)OCC(C)(C)C)Oc2cccc3ccccc23)O[C@H]1n1cnc2c(NC)nc(N)nc21. The Balaban J connectivity index is 1.43. The average molecular weight is 686 g/mol. The van der Waals surface area contributed by atoms with Crippen LogP contribution in [0.5, 0.6) is 5.75 Å². The van der Waals surface area contributed by atoms with Crippen LogP contribution in [0.25, 0.3) is 21.9 Å². The van der Waals surface area contributed by atoms with Crippen molar-refractivity contribution in [2.45, 2.75) is 57.8 Å². The number of carbonyl (C=O) groups excluding carboxylic acids is 1. The van der Waals surface area contributed by atoms with Crippen LogP contribution in [-0.4, -0.2) is 74.8 Å². The van der Waals surface area contributed by atoms with Crippen molar-refractivity contribution in [2.75, 3.05) is 31.3 Å². The number of benzene rings is 2. The fourth-order valence-corrected chi connectivity index (χ4v) is 7.38. The van der Waals surface area contributed by atoms with Crippen LogP contribution in [0.4, 0.5) is 16.2 Å². The smallest absolute Gasteiger partial charge is 0.323 e. The van der Waals surface area contributed by atoms with Crippen LogP contribution in [0.15, 0.2) is 48.8 Å². The number of anilines is 2. The van der Waals surface area contributed by atoms with Crippen LogP contribution < -0.4 is 20.7 Å². The number of halogens is 1. The van der Waals surface area contributed by atoms with E-state index in [1.165, 1.54) is 10.9 Å². The van der Waals surface area contributed by atoms with Crippen LogP contribution in [-0.2, 0) is 30.6 Å². The fraction of sp³-hybridized carbons (Fsp3) is 0.419. The summed E-state index contributed by atoms with van der Waals surface area (Å²) in [6, 6.07) is 12.0. The highest BCUT2D eigenvalue weighted by atomic mass is 32.5. The summed E-state index contributed by atoms with van der Waals surface area (Å²) in [6.07, 6.45) is 2.13. The molecule has 1 aliphatic rings. The molecule has 4 aromatic rings. The first-order valence-corrected chi connectivity index (χ1v) is 17.4. The van der Waals surface area contributed by atoms with Gasteiger partial charge in [-0.05, 0) is 35.6 Å². The number of aliphatic hydroxyl groups is 1. The number of fused-ring (bicyclic) bond motifs is 2.